The first-order valence-corrected chi connectivity index (χ1v) is 6.46. The zero-order chi connectivity index (χ0) is 12.7. The number of nitrogens with zero attached hydrogens (tertiary/aromatic N) is 3. The molecule has 1 rings (SSSR count). The predicted octanol–water partition coefficient (Wildman–Crippen LogP) is 2.46. The lowest BCUT2D eigenvalue weighted by molar-refractivity contribution is 0.0745. The quantitative estimate of drug-likeness (QED) is 0.730. The maximum Gasteiger partial charge on any atom is 0.274 e. The number of amides is 1. The van der Waals surface area contributed by atoms with Gasteiger partial charge in [-0.3, -0.25) is 4.79 Å². The van der Waals surface area contributed by atoms with Crippen molar-refractivity contribution in [3.05, 3.63) is 18.2 Å². The summed E-state index contributed by atoms with van der Waals surface area (Å²) in [6.45, 7) is 5.96. The molecule has 1 aromatic heterocycles. The van der Waals surface area contributed by atoms with Gasteiger partial charge in [0.25, 0.3) is 5.91 Å². The smallest absolute Gasteiger partial charge is 0.274 e. The monoisotopic (exact) mass is 237 g/mol. The first kappa shape index (κ1) is 13.7. The van der Waals surface area contributed by atoms with Crippen LogP contribution in [-0.2, 0) is 7.05 Å². The molecule has 0 radical (unpaired) electrons. The van der Waals surface area contributed by atoms with Gasteiger partial charge < -0.3 is 9.47 Å². The van der Waals surface area contributed by atoms with Crippen molar-refractivity contribution in [2.75, 3.05) is 13.1 Å². The molecule has 1 heterocycles. The van der Waals surface area contributed by atoms with Crippen LogP contribution in [0.3, 0.4) is 0 Å². The Labute approximate surface area is 104 Å². The molecule has 0 unspecified atom stereocenters. The van der Waals surface area contributed by atoms with E-state index in [1.807, 2.05) is 16.5 Å². The molecule has 17 heavy (non-hydrogen) atoms. The summed E-state index contributed by atoms with van der Waals surface area (Å²) in [6.07, 6.45) is 7.79. The van der Waals surface area contributed by atoms with Crippen LogP contribution >= 0.6 is 0 Å². The third-order valence-electron chi connectivity index (χ3n) is 2.77. The zero-order valence-electron chi connectivity index (χ0n) is 11.1. The van der Waals surface area contributed by atoms with Gasteiger partial charge in [-0.05, 0) is 12.8 Å². The number of hydrogen-bond donors (Lipinski definition) is 0. The Kier molecular flexibility index (Phi) is 5.73. The number of aryl methyl sites for hydroxylation is 1. The van der Waals surface area contributed by atoms with Gasteiger partial charge in [-0.15, -0.1) is 0 Å². The second-order valence-corrected chi connectivity index (χ2v) is 4.42. The van der Waals surface area contributed by atoms with Crippen molar-refractivity contribution in [1.82, 2.24) is 14.5 Å². The SMILES string of the molecule is CCCCN(CCCC)C(=O)c1cn(C)cn1. The Morgan fingerprint density at radius 1 is 1.29 bits per heavy atom. The van der Waals surface area contributed by atoms with Crippen molar-refractivity contribution in [3.8, 4) is 0 Å². The van der Waals surface area contributed by atoms with E-state index in [2.05, 4.69) is 18.8 Å². The molecular formula is C13H23N3O. The van der Waals surface area contributed by atoms with Crippen molar-refractivity contribution < 1.29 is 4.79 Å². The van der Waals surface area contributed by atoms with E-state index in [1.54, 1.807) is 12.5 Å². The van der Waals surface area contributed by atoms with Gasteiger partial charge in [0, 0.05) is 26.3 Å². The Balaban J connectivity index is 2.64. The van der Waals surface area contributed by atoms with Crippen molar-refractivity contribution in [3.63, 3.8) is 0 Å². The molecule has 0 bridgehead atoms. The van der Waals surface area contributed by atoms with Crippen LogP contribution in [0.4, 0.5) is 0 Å². The fraction of sp³-hybridized carbons (Fsp3) is 0.692. The van der Waals surface area contributed by atoms with Gasteiger partial charge in [-0.1, -0.05) is 26.7 Å². The van der Waals surface area contributed by atoms with Crippen LogP contribution in [0.1, 0.15) is 50.0 Å². The molecule has 0 N–H and O–H groups in total. The highest BCUT2D eigenvalue weighted by atomic mass is 16.2. The van der Waals surface area contributed by atoms with Crippen LogP contribution < -0.4 is 0 Å². The molecule has 0 aromatic carbocycles. The molecule has 4 nitrogen and oxygen atoms in total. The molecule has 0 atom stereocenters. The highest BCUT2D eigenvalue weighted by molar-refractivity contribution is 5.92. The van der Waals surface area contributed by atoms with Crippen LogP contribution in [0, 0.1) is 0 Å². The van der Waals surface area contributed by atoms with E-state index in [1.165, 1.54) is 0 Å². The second kappa shape index (κ2) is 7.09. The number of carbonyl (C=O) groups is 1. The van der Waals surface area contributed by atoms with E-state index in [4.69, 9.17) is 0 Å². The van der Waals surface area contributed by atoms with E-state index in [0.717, 1.165) is 38.8 Å². The molecule has 1 aromatic rings. The Morgan fingerprint density at radius 2 is 1.88 bits per heavy atom. The summed E-state index contributed by atoms with van der Waals surface area (Å²) >= 11 is 0. The number of aromatic nitrogens is 2. The van der Waals surface area contributed by atoms with Crippen molar-refractivity contribution in [1.29, 1.82) is 0 Å². The van der Waals surface area contributed by atoms with Crippen LogP contribution in [0.2, 0.25) is 0 Å². The van der Waals surface area contributed by atoms with Gasteiger partial charge in [0.2, 0.25) is 0 Å². The summed E-state index contributed by atoms with van der Waals surface area (Å²) in [5, 5.41) is 0. The van der Waals surface area contributed by atoms with Gasteiger partial charge in [0.15, 0.2) is 0 Å². The predicted molar refractivity (Wildman–Crippen MR) is 68.9 cm³/mol. The summed E-state index contributed by atoms with van der Waals surface area (Å²) in [7, 11) is 1.88. The first-order valence-electron chi connectivity index (χ1n) is 6.46. The Hall–Kier alpha value is -1.32. The third-order valence-corrected chi connectivity index (χ3v) is 2.77. The number of imidazole rings is 1. The van der Waals surface area contributed by atoms with Gasteiger partial charge >= 0.3 is 0 Å². The lowest BCUT2D eigenvalue weighted by atomic mass is 10.2. The molecule has 1 amide bonds. The first-order chi connectivity index (χ1) is 8.19. The lowest BCUT2D eigenvalue weighted by Gasteiger charge is -2.21. The highest BCUT2D eigenvalue weighted by Gasteiger charge is 2.16. The van der Waals surface area contributed by atoms with Crippen molar-refractivity contribution in [2.45, 2.75) is 39.5 Å². The van der Waals surface area contributed by atoms with E-state index in [0.29, 0.717) is 5.69 Å². The second-order valence-electron chi connectivity index (χ2n) is 4.42. The normalized spacial score (nSPS) is 10.5. The Bertz CT molecular complexity index is 338. The average Bonchev–Trinajstić information content (AvgIpc) is 2.75. The minimum atomic E-state index is 0.0625. The summed E-state index contributed by atoms with van der Waals surface area (Å²) in [5.74, 6) is 0.0625. The topological polar surface area (TPSA) is 38.1 Å². The largest absolute Gasteiger partial charge is 0.340 e. The van der Waals surface area contributed by atoms with Crippen LogP contribution in [-0.4, -0.2) is 33.4 Å². The van der Waals surface area contributed by atoms with E-state index < -0.39 is 0 Å². The van der Waals surface area contributed by atoms with E-state index in [-0.39, 0.29) is 5.91 Å². The van der Waals surface area contributed by atoms with Crippen LogP contribution in [0.15, 0.2) is 12.5 Å². The minimum absolute atomic E-state index is 0.0625. The van der Waals surface area contributed by atoms with Gasteiger partial charge in [-0.2, -0.15) is 0 Å². The number of hydrogen-bond acceptors (Lipinski definition) is 2. The lowest BCUT2D eigenvalue weighted by Crippen LogP contribution is -2.33. The highest BCUT2D eigenvalue weighted by Crippen LogP contribution is 2.06. The fourth-order valence-electron chi connectivity index (χ4n) is 1.70. The summed E-state index contributed by atoms with van der Waals surface area (Å²) < 4.78 is 1.81. The average molecular weight is 237 g/mol. The Morgan fingerprint density at radius 3 is 2.29 bits per heavy atom. The summed E-state index contributed by atoms with van der Waals surface area (Å²) in [4.78, 5) is 18.3. The molecule has 0 spiro atoms. The summed E-state index contributed by atoms with van der Waals surface area (Å²) in [5.41, 5.74) is 0.555. The maximum atomic E-state index is 12.2. The fourth-order valence-corrected chi connectivity index (χ4v) is 1.70. The standard InChI is InChI=1S/C13H23N3O/c1-4-6-8-16(9-7-5-2)13(17)12-10-15(3)11-14-12/h10-11H,4-9H2,1-3H3. The molecule has 96 valence electrons. The molecule has 0 saturated heterocycles. The number of rotatable bonds is 7. The molecular weight excluding hydrogens is 214 g/mol. The number of carbonyl (C=O) groups excluding carboxylic acids is 1. The third kappa shape index (κ3) is 4.21. The molecule has 0 fully saturated rings. The van der Waals surface area contributed by atoms with E-state index in [9.17, 15) is 4.79 Å². The van der Waals surface area contributed by atoms with Crippen LogP contribution in [0.5, 0.6) is 0 Å². The van der Waals surface area contributed by atoms with Gasteiger partial charge in [0.1, 0.15) is 5.69 Å². The van der Waals surface area contributed by atoms with Crippen molar-refractivity contribution in [2.24, 2.45) is 7.05 Å². The molecule has 0 aliphatic heterocycles. The van der Waals surface area contributed by atoms with Crippen LogP contribution in [0.25, 0.3) is 0 Å². The zero-order valence-corrected chi connectivity index (χ0v) is 11.1. The molecule has 4 heteroatoms. The maximum absolute atomic E-state index is 12.2. The van der Waals surface area contributed by atoms with E-state index >= 15 is 0 Å². The minimum Gasteiger partial charge on any atom is -0.340 e. The number of unbranched alkanes of at least 4 members (excludes halogenated alkanes) is 2. The van der Waals surface area contributed by atoms with Crippen molar-refractivity contribution >= 4 is 5.91 Å². The molecule has 0 saturated carbocycles. The molecule has 0 aliphatic carbocycles. The van der Waals surface area contributed by atoms with Gasteiger partial charge in [-0.25, -0.2) is 4.98 Å². The summed E-state index contributed by atoms with van der Waals surface area (Å²) in [6, 6.07) is 0. The van der Waals surface area contributed by atoms with Gasteiger partial charge in [0.05, 0.1) is 6.33 Å². The molecule has 0 aliphatic rings.